The summed E-state index contributed by atoms with van der Waals surface area (Å²) in [5, 5.41) is 66.1. The maximum Gasteiger partial charge on any atom is 0.249 e. The summed E-state index contributed by atoms with van der Waals surface area (Å²) in [4.78, 5) is 12.6. The van der Waals surface area contributed by atoms with E-state index in [0.717, 1.165) is 0 Å². The van der Waals surface area contributed by atoms with E-state index in [1.807, 2.05) is 0 Å². The fourth-order valence-electron chi connectivity index (χ4n) is 4.75. The number of amides is 1. The van der Waals surface area contributed by atoms with Crippen LogP contribution in [0.2, 0.25) is 0 Å². The van der Waals surface area contributed by atoms with E-state index in [-0.39, 0.29) is 52.0 Å². The lowest BCUT2D eigenvalue weighted by molar-refractivity contribution is -0.285. The quantitative estimate of drug-likeness (QED) is 0.0552. The van der Waals surface area contributed by atoms with E-state index in [1.165, 1.54) is 7.05 Å². The van der Waals surface area contributed by atoms with Gasteiger partial charge in [0, 0.05) is 32.0 Å². The summed E-state index contributed by atoms with van der Waals surface area (Å²) in [6, 6.07) is -1.70. The molecule has 0 bridgehead atoms. The molecular formula is C25H53N5O11. The van der Waals surface area contributed by atoms with Gasteiger partial charge in [0.2, 0.25) is 5.91 Å². The number of carbonyl (C=O) groups is 1. The molecular weight excluding hydrogens is 546 g/mol. The van der Waals surface area contributed by atoms with Crippen LogP contribution >= 0.6 is 0 Å². The van der Waals surface area contributed by atoms with Crippen LogP contribution in [0.5, 0.6) is 0 Å². The molecule has 0 aromatic carbocycles. The number of nitrogens with one attached hydrogen (secondary N) is 2. The first kappa shape index (κ1) is 37.9. The molecule has 1 heterocycles. The van der Waals surface area contributed by atoms with E-state index in [2.05, 4.69) is 16.4 Å². The molecule has 2 fully saturated rings. The zero-order valence-electron chi connectivity index (χ0n) is 24.1. The summed E-state index contributed by atoms with van der Waals surface area (Å²) in [5.41, 5.74) is 16.3. The number of ether oxygens (including phenoxy) is 4. The first-order valence-electron chi connectivity index (χ1n) is 14.2. The van der Waals surface area contributed by atoms with Crippen molar-refractivity contribution >= 4 is 5.91 Å². The van der Waals surface area contributed by atoms with Crippen LogP contribution in [0, 0.1) is 0 Å². The molecule has 1 aliphatic heterocycles. The van der Waals surface area contributed by atoms with E-state index < -0.39 is 73.3 Å². The Morgan fingerprint density at radius 3 is 2.41 bits per heavy atom. The highest BCUT2D eigenvalue weighted by Crippen LogP contribution is 2.30. The fourth-order valence-corrected chi connectivity index (χ4v) is 4.75. The van der Waals surface area contributed by atoms with Crippen LogP contribution < -0.4 is 27.8 Å². The molecule has 2 rings (SSSR count). The maximum atomic E-state index is 12.6. The van der Waals surface area contributed by atoms with Crippen molar-refractivity contribution in [2.75, 3.05) is 46.5 Å². The summed E-state index contributed by atoms with van der Waals surface area (Å²) >= 11 is 0. The minimum absolute atomic E-state index is 0.0247. The number of aliphatic hydroxyl groups excluding tert-OH is 6. The fraction of sp³-hybridized carbons (Fsp3) is 0.960. The number of nitrogens with two attached hydrogens (primary N) is 3. The summed E-state index contributed by atoms with van der Waals surface area (Å²) < 4.78 is 23.4. The largest absolute Gasteiger partial charge is 0.395 e. The van der Waals surface area contributed by atoms with Gasteiger partial charge in [0.1, 0.15) is 30.5 Å². The smallest absolute Gasteiger partial charge is 0.249 e. The first-order chi connectivity index (χ1) is 19.6. The molecule has 1 aliphatic carbocycles. The molecule has 16 nitrogen and oxygen atoms in total. The Balaban J connectivity index is 0.00000411. The van der Waals surface area contributed by atoms with Crippen molar-refractivity contribution in [3.05, 3.63) is 0 Å². The highest BCUT2D eigenvalue weighted by atomic mass is 16.7. The van der Waals surface area contributed by atoms with Crippen LogP contribution in [0.1, 0.15) is 39.0 Å². The third-order valence-electron chi connectivity index (χ3n) is 6.80. The van der Waals surface area contributed by atoms with E-state index in [1.54, 1.807) is 6.92 Å². The Morgan fingerprint density at radius 2 is 1.80 bits per heavy atom. The second-order valence-corrected chi connectivity index (χ2v) is 9.98. The van der Waals surface area contributed by atoms with Crippen molar-refractivity contribution in [3.8, 4) is 0 Å². The van der Waals surface area contributed by atoms with E-state index in [4.69, 9.17) is 35.5 Å². The lowest BCUT2D eigenvalue weighted by Gasteiger charge is -2.46. The average Bonchev–Trinajstić information content (AvgIpc) is 2.95. The Kier molecular flexibility index (Phi) is 19.2. The summed E-state index contributed by atoms with van der Waals surface area (Å²) in [6.45, 7) is 2.00. The van der Waals surface area contributed by atoms with Gasteiger partial charge in [-0.15, -0.1) is 0 Å². The Bertz CT molecular complexity index is 700. The van der Waals surface area contributed by atoms with Crippen molar-refractivity contribution in [1.82, 2.24) is 10.6 Å². The van der Waals surface area contributed by atoms with Crippen molar-refractivity contribution < 1.29 is 54.4 Å². The SMILES string of the molecule is CCC(O)C(OCCO)O[C@H]1C(NC(=O)C(O)CCN)CC(N)[C@@H](O[C@@H]2CC(O)CC(CNCCO)O2)C1O.CN. The predicted molar refractivity (Wildman–Crippen MR) is 147 cm³/mol. The summed E-state index contributed by atoms with van der Waals surface area (Å²) in [7, 11) is 1.50. The van der Waals surface area contributed by atoms with Crippen LogP contribution in [-0.2, 0) is 23.7 Å². The molecule has 1 amide bonds. The van der Waals surface area contributed by atoms with Crippen molar-refractivity contribution in [1.29, 1.82) is 0 Å². The minimum atomic E-state index is -1.44. The van der Waals surface area contributed by atoms with Crippen molar-refractivity contribution in [2.45, 2.75) is 106 Å². The van der Waals surface area contributed by atoms with E-state index in [0.29, 0.717) is 19.5 Å². The van der Waals surface area contributed by atoms with Gasteiger partial charge in [-0.3, -0.25) is 4.79 Å². The second-order valence-electron chi connectivity index (χ2n) is 9.98. The zero-order chi connectivity index (χ0) is 30.9. The van der Waals surface area contributed by atoms with Crippen molar-refractivity contribution in [3.63, 3.8) is 0 Å². The topological polar surface area (TPSA) is 277 Å². The molecule has 1 saturated heterocycles. The number of aliphatic hydroxyl groups is 6. The maximum absolute atomic E-state index is 12.6. The molecule has 0 spiro atoms. The monoisotopic (exact) mass is 599 g/mol. The van der Waals surface area contributed by atoms with Crippen molar-refractivity contribution in [2.24, 2.45) is 17.2 Å². The van der Waals surface area contributed by atoms with Gasteiger partial charge in [0.25, 0.3) is 0 Å². The van der Waals surface area contributed by atoms with Crippen LogP contribution in [-0.4, -0.2) is 150 Å². The lowest BCUT2D eigenvalue weighted by Crippen LogP contribution is -2.66. The molecule has 2 aliphatic rings. The Morgan fingerprint density at radius 1 is 1.10 bits per heavy atom. The first-order valence-corrected chi connectivity index (χ1v) is 14.2. The molecule has 0 aromatic rings. The highest BCUT2D eigenvalue weighted by molar-refractivity contribution is 5.80. The van der Waals surface area contributed by atoms with Gasteiger partial charge < -0.3 is 77.4 Å². The molecule has 0 radical (unpaired) electrons. The Hall–Kier alpha value is -1.09. The predicted octanol–water partition coefficient (Wildman–Crippen LogP) is -4.83. The molecule has 11 atom stereocenters. The number of carbonyl (C=O) groups excluding carboxylic acids is 1. The van der Waals surface area contributed by atoms with Crippen LogP contribution in [0.4, 0.5) is 0 Å². The summed E-state index contributed by atoms with van der Waals surface area (Å²) in [6.07, 6.45) is -8.61. The molecule has 0 aromatic heterocycles. The second kappa shape index (κ2) is 20.8. The summed E-state index contributed by atoms with van der Waals surface area (Å²) in [5.74, 6) is -0.723. The number of hydrogen-bond donors (Lipinski definition) is 11. The molecule has 14 N–H and O–H groups in total. The third-order valence-corrected chi connectivity index (χ3v) is 6.80. The number of rotatable bonds is 17. The van der Waals surface area contributed by atoms with Gasteiger partial charge in [-0.05, 0) is 32.9 Å². The van der Waals surface area contributed by atoms with Crippen LogP contribution in [0.25, 0.3) is 0 Å². The average molecular weight is 600 g/mol. The minimum Gasteiger partial charge on any atom is -0.395 e. The highest BCUT2D eigenvalue weighted by Gasteiger charge is 2.48. The Labute approximate surface area is 241 Å². The van der Waals surface area contributed by atoms with Gasteiger partial charge in [0.05, 0.1) is 38.1 Å². The zero-order valence-corrected chi connectivity index (χ0v) is 24.1. The molecule has 16 heteroatoms. The van der Waals surface area contributed by atoms with E-state index in [9.17, 15) is 30.3 Å². The third kappa shape index (κ3) is 12.6. The molecule has 244 valence electrons. The van der Waals surface area contributed by atoms with E-state index >= 15 is 0 Å². The molecule has 8 unspecified atom stereocenters. The van der Waals surface area contributed by atoms with Gasteiger partial charge in [-0.25, -0.2) is 0 Å². The van der Waals surface area contributed by atoms with Gasteiger partial charge >= 0.3 is 0 Å². The van der Waals surface area contributed by atoms with Gasteiger partial charge in [-0.1, -0.05) is 6.92 Å². The van der Waals surface area contributed by atoms with Gasteiger partial charge in [0.15, 0.2) is 12.6 Å². The number of hydrogen-bond acceptors (Lipinski definition) is 15. The van der Waals surface area contributed by atoms with Crippen LogP contribution in [0.3, 0.4) is 0 Å². The normalized spacial score (nSPS) is 32.4. The standard InChI is InChI=1S/C24H48N4O11.CH5N/c1-2-17(32)24(36-8-7-30)39-22-16(28-23(35)18(33)3-4-25)11-15(26)21(20(22)34)38-19-10-13(31)9-14(37-19)12-27-5-6-29;1-2/h13-22,24,27,29-34H,2-12,25-26H2,1H3,(H,28,35);2H2,1H3/t13?,14?,15?,16?,17?,18?,19-,20?,21-,22+,24?;/m1./s1. The lowest BCUT2D eigenvalue weighted by atomic mass is 9.83. The van der Waals surface area contributed by atoms with Gasteiger partial charge in [-0.2, -0.15) is 0 Å². The van der Waals surface area contributed by atoms with Crippen LogP contribution in [0.15, 0.2) is 0 Å². The molecule has 1 saturated carbocycles. The molecule has 41 heavy (non-hydrogen) atoms.